The molecule has 0 bridgehead atoms. The summed E-state index contributed by atoms with van der Waals surface area (Å²) in [6.07, 6.45) is 1.08. The number of aromatic nitrogens is 2. The normalized spacial score (nSPS) is 19.4. The molecule has 112 valence electrons. The molecular weight excluding hydrogens is 338 g/mol. The minimum absolute atomic E-state index is 0.0153. The van der Waals surface area contributed by atoms with E-state index in [1.54, 1.807) is 0 Å². The van der Waals surface area contributed by atoms with E-state index in [0.29, 0.717) is 5.92 Å². The van der Waals surface area contributed by atoms with E-state index in [-0.39, 0.29) is 6.10 Å². The van der Waals surface area contributed by atoms with E-state index < -0.39 is 0 Å². The molecule has 0 amide bonds. The van der Waals surface area contributed by atoms with Crippen molar-refractivity contribution in [2.24, 2.45) is 0 Å². The lowest BCUT2D eigenvalue weighted by atomic mass is 10.1. The predicted molar refractivity (Wildman–Crippen MR) is 88.6 cm³/mol. The Kier molecular flexibility index (Phi) is 6.11. The highest BCUT2D eigenvalue weighted by Gasteiger charge is 2.23. The highest BCUT2D eigenvalue weighted by Crippen LogP contribution is 2.32. The monoisotopic (exact) mass is 359 g/mol. The van der Waals surface area contributed by atoms with Crippen LogP contribution in [0.15, 0.2) is 4.47 Å². The Morgan fingerprint density at radius 3 is 2.85 bits per heavy atom. The van der Waals surface area contributed by atoms with Crippen molar-refractivity contribution in [3.05, 3.63) is 16.0 Å². The van der Waals surface area contributed by atoms with Crippen LogP contribution in [0.25, 0.3) is 0 Å². The fraction of sp³-hybridized carbons (Fsp3) is 0.714. The SMILES string of the molecule is CCCNc1nc(C2CSCCO2)nc(C(C)C)c1Br. The lowest BCUT2D eigenvalue weighted by molar-refractivity contribution is 0.0693. The molecule has 1 aliphatic heterocycles. The zero-order valence-electron chi connectivity index (χ0n) is 12.3. The van der Waals surface area contributed by atoms with Crippen LogP contribution in [0, 0.1) is 0 Å². The van der Waals surface area contributed by atoms with Gasteiger partial charge in [-0.1, -0.05) is 20.8 Å². The van der Waals surface area contributed by atoms with Gasteiger partial charge in [0.15, 0.2) is 5.82 Å². The number of hydrogen-bond acceptors (Lipinski definition) is 5. The molecule has 1 fully saturated rings. The fourth-order valence-electron chi connectivity index (χ4n) is 2.01. The molecule has 1 saturated heterocycles. The van der Waals surface area contributed by atoms with Crippen molar-refractivity contribution in [1.82, 2.24) is 9.97 Å². The summed E-state index contributed by atoms with van der Waals surface area (Å²) in [6.45, 7) is 8.14. The van der Waals surface area contributed by atoms with Gasteiger partial charge in [0, 0.05) is 18.1 Å². The molecule has 0 spiro atoms. The molecule has 1 aromatic rings. The Balaban J connectivity index is 2.32. The van der Waals surface area contributed by atoms with E-state index in [0.717, 1.165) is 52.9 Å². The zero-order valence-corrected chi connectivity index (χ0v) is 14.7. The Morgan fingerprint density at radius 2 is 2.25 bits per heavy atom. The zero-order chi connectivity index (χ0) is 14.5. The van der Waals surface area contributed by atoms with Crippen LogP contribution in [0.1, 0.15) is 50.7 Å². The second-order valence-corrected chi connectivity index (χ2v) is 7.09. The van der Waals surface area contributed by atoms with Gasteiger partial charge in [-0.3, -0.25) is 0 Å². The number of ether oxygens (including phenoxy) is 1. The smallest absolute Gasteiger partial charge is 0.160 e. The van der Waals surface area contributed by atoms with Crippen LogP contribution in [-0.4, -0.2) is 34.6 Å². The molecule has 1 N–H and O–H groups in total. The Hall–Kier alpha value is -0.330. The van der Waals surface area contributed by atoms with E-state index in [4.69, 9.17) is 9.72 Å². The Bertz CT molecular complexity index is 450. The first-order valence-corrected chi connectivity index (χ1v) is 9.08. The maximum atomic E-state index is 5.81. The molecule has 1 aliphatic rings. The molecule has 1 atom stereocenters. The number of nitrogens with one attached hydrogen (secondary N) is 1. The van der Waals surface area contributed by atoms with Crippen molar-refractivity contribution in [1.29, 1.82) is 0 Å². The topological polar surface area (TPSA) is 47.0 Å². The van der Waals surface area contributed by atoms with Gasteiger partial charge in [-0.05, 0) is 28.3 Å². The van der Waals surface area contributed by atoms with Crippen LogP contribution in [-0.2, 0) is 4.74 Å². The number of nitrogens with zero attached hydrogens (tertiary/aromatic N) is 2. The average Bonchev–Trinajstić information content (AvgIpc) is 2.46. The number of halogens is 1. The standard InChI is InChI=1S/C14H22BrN3OS/c1-4-5-16-14-11(15)12(9(2)3)17-13(18-14)10-8-20-7-6-19-10/h9-10H,4-8H2,1-3H3,(H,16,17,18). The fourth-order valence-corrected chi connectivity index (χ4v) is 3.62. The first-order chi connectivity index (χ1) is 9.63. The Labute approximate surface area is 133 Å². The van der Waals surface area contributed by atoms with Crippen molar-refractivity contribution >= 4 is 33.5 Å². The highest BCUT2D eigenvalue weighted by molar-refractivity contribution is 9.10. The van der Waals surface area contributed by atoms with Crippen LogP contribution in [0.3, 0.4) is 0 Å². The molecule has 20 heavy (non-hydrogen) atoms. The first-order valence-electron chi connectivity index (χ1n) is 7.14. The van der Waals surface area contributed by atoms with Crippen molar-refractivity contribution in [3.8, 4) is 0 Å². The minimum Gasteiger partial charge on any atom is -0.369 e. The second kappa shape index (κ2) is 7.61. The summed E-state index contributed by atoms with van der Waals surface area (Å²) >= 11 is 5.54. The maximum absolute atomic E-state index is 5.81. The number of thioether (sulfide) groups is 1. The van der Waals surface area contributed by atoms with Gasteiger partial charge >= 0.3 is 0 Å². The predicted octanol–water partition coefficient (Wildman–Crippen LogP) is 3.99. The van der Waals surface area contributed by atoms with Gasteiger partial charge in [-0.15, -0.1) is 0 Å². The van der Waals surface area contributed by atoms with Crippen LogP contribution in [0.4, 0.5) is 5.82 Å². The van der Waals surface area contributed by atoms with Crippen molar-refractivity contribution in [3.63, 3.8) is 0 Å². The van der Waals surface area contributed by atoms with Crippen LogP contribution >= 0.6 is 27.7 Å². The molecule has 4 nitrogen and oxygen atoms in total. The number of rotatable bonds is 5. The molecule has 6 heteroatoms. The molecule has 0 aliphatic carbocycles. The number of anilines is 1. The summed E-state index contributed by atoms with van der Waals surface area (Å²) in [6, 6.07) is 0. The van der Waals surface area contributed by atoms with Gasteiger partial charge in [-0.2, -0.15) is 11.8 Å². The Morgan fingerprint density at radius 1 is 1.45 bits per heavy atom. The second-order valence-electron chi connectivity index (χ2n) is 5.15. The van der Waals surface area contributed by atoms with Crippen LogP contribution < -0.4 is 5.32 Å². The molecule has 1 aromatic heterocycles. The molecule has 0 radical (unpaired) electrons. The summed E-state index contributed by atoms with van der Waals surface area (Å²) in [5, 5.41) is 3.38. The summed E-state index contributed by atoms with van der Waals surface area (Å²) in [4.78, 5) is 9.40. The van der Waals surface area contributed by atoms with Crippen molar-refractivity contribution in [2.75, 3.05) is 30.0 Å². The van der Waals surface area contributed by atoms with Gasteiger partial charge in [0.25, 0.3) is 0 Å². The molecular formula is C14H22BrN3OS. The van der Waals surface area contributed by atoms with Crippen molar-refractivity contribution in [2.45, 2.75) is 39.2 Å². The third-order valence-electron chi connectivity index (χ3n) is 3.09. The third-order valence-corrected chi connectivity index (χ3v) is 4.86. The van der Waals surface area contributed by atoms with Crippen molar-refractivity contribution < 1.29 is 4.74 Å². The van der Waals surface area contributed by atoms with Gasteiger partial charge in [0.1, 0.15) is 11.9 Å². The lowest BCUT2D eigenvalue weighted by Crippen LogP contribution is -2.20. The summed E-state index contributed by atoms with van der Waals surface area (Å²) in [5.74, 6) is 4.05. The minimum atomic E-state index is 0.0153. The largest absolute Gasteiger partial charge is 0.369 e. The van der Waals surface area contributed by atoms with E-state index in [9.17, 15) is 0 Å². The number of hydrogen-bond donors (Lipinski definition) is 1. The molecule has 0 aromatic carbocycles. The summed E-state index contributed by atoms with van der Waals surface area (Å²) < 4.78 is 6.79. The third kappa shape index (κ3) is 3.86. The quantitative estimate of drug-likeness (QED) is 0.860. The molecule has 2 rings (SSSR count). The van der Waals surface area contributed by atoms with Crippen LogP contribution in [0.5, 0.6) is 0 Å². The van der Waals surface area contributed by atoms with E-state index in [1.165, 1.54) is 0 Å². The molecule has 1 unspecified atom stereocenters. The highest BCUT2D eigenvalue weighted by atomic mass is 79.9. The van der Waals surface area contributed by atoms with E-state index in [2.05, 4.69) is 47.0 Å². The van der Waals surface area contributed by atoms with Gasteiger partial charge < -0.3 is 10.1 Å². The maximum Gasteiger partial charge on any atom is 0.160 e. The van der Waals surface area contributed by atoms with Gasteiger partial charge in [0.2, 0.25) is 0 Å². The molecule has 0 saturated carbocycles. The van der Waals surface area contributed by atoms with Gasteiger partial charge in [0.05, 0.1) is 16.8 Å². The average molecular weight is 360 g/mol. The lowest BCUT2D eigenvalue weighted by Gasteiger charge is -2.23. The molecule has 2 heterocycles. The first kappa shape index (κ1) is 16.0. The summed E-state index contributed by atoms with van der Waals surface area (Å²) in [5.41, 5.74) is 1.05. The van der Waals surface area contributed by atoms with E-state index in [1.807, 2.05) is 11.8 Å². The van der Waals surface area contributed by atoms with Gasteiger partial charge in [-0.25, -0.2) is 9.97 Å². The summed E-state index contributed by atoms with van der Waals surface area (Å²) in [7, 11) is 0. The van der Waals surface area contributed by atoms with E-state index >= 15 is 0 Å². The van der Waals surface area contributed by atoms with Crippen LogP contribution in [0.2, 0.25) is 0 Å².